The maximum absolute atomic E-state index is 12.5. The monoisotopic (exact) mass is 372 g/mol. The average molecular weight is 373 g/mol. The molecular formula is C25H28N2O. The second kappa shape index (κ2) is 10.4. The molecule has 1 amide bonds. The number of hydrogen-bond acceptors (Lipinski definition) is 2. The second-order valence-corrected chi connectivity index (χ2v) is 7.13. The minimum absolute atomic E-state index is 0.00669. The lowest BCUT2D eigenvalue weighted by atomic mass is 9.99. The van der Waals surface area contributed by atoms with E-state index in [1.165, 1.54) is 5.56 Å². The topological polar surface area (TPSA) is 41.1 Å². The van der Waals surface area contributed by atoms with Gasteiger partial charge < -0.3 is 5.32 Å². The highest BCUT2D eigenvalue weighted by molar-refractivity contribution is 5.78. The Balaban J connectivity index is 1.53. The summed E-state index contributed by atoms with van der Waals surface area (Å²) in [4.78, 5) is 12.5. The number of amides is 1. The molecule has 28 heavy (non-hydrogen) atoms. The molecule has 0 aliphatic carbocycles. The highest BCUT2D eigenvalue weighted by Crippen LogP contribution is 2.21. The minimum atomic E-state index is -0.00669. The summed E-state index contributed by atoms with van der Waals surface area (Å²) in [6.07, 6.45) is 1.89. The first-order valence-corrected chi connectivity index (χ1v) is 9.89. The Kier molecular flexibility index (Phi) is 7.39. The first kappa shape index (κ1) is 19.8. The Hall–Kier alpha value is -2.91. The predicted octanol–water partition coefficient (Wildman–Crippen LogP) is 4.50. The van der Waals surface area contributed by atoms with Gasteiger partial charge in [-0.3, -0.25) is 10.1 Å². The van der Waals surface area contributed by atoms with Gasteiger partial charge in [0.2, 0.25) is 5.91 Å². The molecule has 0 aromatic heterocycles. The molecule has 3 nitrogen and oxygen atoms in total. The Labute approximate surface area is 167 Å². The lowest BCUT2D eigenvalue weighted by molar-refractivity contribution is -0.120. The number of benzene rings is 3. The van der Waals surface area contributed by atoms with E-state index in [1.807, 2.05) is 42.5 Å². The summed E-state index contributed by atoms with van der Waals surface area (Å²) in [7, 11) is 0. The van der Waals surface area contributed by atoms with Gasteiger partial charge in [-0.2, -0.15) is 0 Å². The molecule has 144 valence electrons. The van der Waals surface area contributed by atoms with Crippen LogP contribution in [0.4, 0.5) is 0 Å². The van der Waals surface area contributed by atoms with Gasteiger partial charge in [0, 0.05) is 6.04 Å². The van der Waals surface area contributed by atoms with Crippen LogP contribution in [0.25, 0.3) is 0 Å². The Morgan fingerprint density at radius 2 is 1.29 bits per heavy atom. The summed E-state index contributed by atoms with van der Waals surface area (Å²) < 4.78 is 0. The van der Waals surface area contributed by atoms with Crippen LogP contribution in [0.2, 0.25) is 0 Å². The molecule has 0 unspecified atom stereocenters. The molecule has 3 aromatic carbocycles. The predicted molar refractivity (Wildman–Crippen MR) is 115 cm³/mol. The zero-order chi connectivity index (χ0) is 19.6. The highest BCUT2D eigenvalue weighted by atomic mass is 16.1. The van der Waals surface area contributed by atoms with Crippen LogP contribution >= 0.6 is 0 Å². The number of nitrogens with one attached hydrogen (secondary N) is 2. The van der Waals surface area contributed by atoms with E-state index in [2.05, 4.69) is 66.1 Å². The van der Waals surface area contributed by atoms with Gasteiger partial charge in [0.05, 0.1) is 12.6 Å². The molecule has 0 aliphatic rings. The molecule has 2 N–H and O–H groups in total. The van der Waals surface area contributed by atoms with E-state index in [-0.39, 0.29) is 24.5 Å². The molecule has 0 radical (unpaired) electrons. The zero-order valence-electron chi connectivity index (χ0n) is 16.3. The standard InChI is InChI=1S/C25H28N2O/c1-20(17-18-21-11-5-2-6-12-21)27-24(28)19-26-25(22-13-7-3-8-14-22)23-15-9-4-10-16-23/h2-16,20,25-26H,17-19H2,1H3,(H,27,28)/t20-/m1/s1. The number of hydrogen-bond donors (Lipinski definition) is 2. The third kappa shape index (κ3) is 6.07. The zero-order valence-corrected chi connectivity index (χ0v) is 16.3. The molecule has 0 spiro atoms. The lowest BCUT2D eigenvalue weighted by Gasteiger charge is -2.21. The summed E-state index contributed by atoms with van der Waals surface area (Å²) in [5.41, 5.74) is 3.60. The van der Waals surface area contributed by atoms with E-state index in [1.54, 1.807) is 0 Å². The first-order valence-electron chi connectivity index (χ1n) is 9.89. The quantitative estimate of drug-likeness (QED) is 0.580. The van der Waals surface area contributed by atoms with Crippen molar-refractivity contribution < 1.29 is 4.79 Å². The fraction of sp³-hybridized carbons (Fsp3) is 0.240. The normalized spacial score (nSPS) is 11.9. The van der Waals surface area contributed by atoms with Gasteiger partial charge in [-0.1, -0.05) is 91.0 Å². The van der Waals surface area contributed by atoms with Crippen molar-refractivity contribution in [1.29, 1.82) is 0 Å². The van der Waals surface area contributed by atoms with Gasteiger partial charge in [0.1, 0.15) is 0 Å². The molecule has 3 rings (SSSR count). The van der Waals surface area contributed by atoms with E-state index in [4.69, 9.17) is 0 Å². The van der Waals surface area contributed by atoms with Gasteiger partial charge >= 0.3 is 0 Å². The maximum atomic E-state index is 12.5. The molecular weight excluding hydrogens is 344 g/mol. The summed E-state index contributed by atoms with van der Waals surface area (Å²) in [5, 5.41) is 6.53. The van der Waals surface area contributed by atoms with E-state index < -0.39 is 0 Å². The van der Waals surface area contributed by atoms with Crippen LogP contribution in [0.1, 0.15) is 36.1 Å². The summed E-state index contributed by atoms with van der Waals surface area (Å²) in [5.74, 6) is 0.0254. The van der Waals surface area contributed by atoms with E-state index in [0.29, 0.717) is 0 Å². The lowest BCUT2D eigenvalue weighted by Crippen LogP contribution is -2.40. The van der Waals surface area contributed by atoms with E-state index >= 15 is 0 Å². The van der Waals surface area contributed by atoms with Gasteiger partial charge in [-0.15, -0.1) is 0 Å². The second-order valence-electron chi connectivity index (χ2n) is 7.13. The minimum Gasteiger partial charge on any atom is -0.353 e. The summed E-state index contributed by atoms with van der Waals surface area (Å²) in [6, 6.07) is 31.0. The molecule has 0 heterocycles. The van der Waals surface area contributed by atoms with E-state index in [9.17, 15) is 4.79 Å². The number of rotatable bonds is 9. The van der Waals surface area contributed by atoms with Crippen molar-refractivity contribution in [2.24, 2.45) is 0 Å². The van der Waals surface area contributed by atoms with Crippen LogP contribution < -0.4 is 10.6 Å². The molecule has 1 atom stereocenters. The number of aryl methyl sites for hydroxylation is 1. The Morgan fingerprint density at radius 3 is 1.82 bits per heavy atom. The van der Waals surface area contributed by atoms with Crippen molar-refractivity contribution in [1.82, 2.24) is 10.6 Å². The van der Waals surface area contributed by atoms with Crippen LogP contribution in [0.5, 0.6) is 0 Å². The Bertz CT molecular complexity index is 795. The van der Waals surface area contributed by atoms with Crippen molar-refractivity contribution in [3.8, 4) is 0 Å². The molecule has 3 heteroatoms. The van der Waals surface area contributed by atoms with Crippen LogP contribution in [0.3, 0.4) is 0 Å². The van der Waals surface area contributed by atoms with Gasteiger partial charge in [0.25, 0.3) is 0 Å². The Morgan fingerprint density at radius 1 is 0.786 bits per heavy atom. The smallest absolute Gasteiger partial charge is 0.234 e. The molecule has 0 saturated carbocycles. The van der Waals surface area contributed by atoms with E-state index in [0.717, 1.165) is 24.0 Å². The van der Waals surface area contributed by atoms with Gasteiger partial charge in [-0.25, -0.2) is 0 Å². The summed E-state index contributed by atoms with van der Waals surface area (Å²) in [6.45, 7) is 2.34. The largest absolute Gasteiger partial charge is 0.353 e. The average Bonchev–Trinajstić information content (AvgIpc) is 2.75. The van der Waals surface area contributed by atoms with Crippen molar-refractivity contribution in [2.75, 3.05) is 6.54 Å². The third-order valence-electron chi connectivity index (χ3n) is 4.85. The van der Waals surface area contributed by atoms with Crippen molar-refractivity contribution >= 4 is 5.91 Å². The SMILES string of the molecule is C[C@H](CCc1ccccc1)NC(=O)CNC(c1ccccc1)c1ccccc1. The van der Waals surface area contributed by atoms with Crippen LogP contribution in [0, 0.1) is 0 Å². The highest BCUT2D eigenvalue weighted by Gasteiger charge is 2.15. The summed E-state index contributed by atoms with van der Waals surface area (Å²) >= 11 is 0. The number of carbonyl (C=O) groups is 1. The fourth-order valence-corrected chi connectivity index (χ4v) is 3.34. The van der Waals surface area contributed by atoms with Crippen molar-refractivity contribution in [3.05, 3.63) is 108 Å². The van der Waals surface area contributed by atoms with Crippen LogP contribution in [0.15, 0.2) is 91.0 Å². The first-order chi connectivity index (χ1) is 13.7. The van der Waals surface area contributed by atoms with Crippen molar-refractivity contribution in [2.45, 2.75) is 31.8 Å². The third-order valence-corrected chi connectivity index (χ3v) is 4.85. The van der Waals surface area contributed by atoms with Gasteiger partial charge in [-0.05, 0) is 36.5 Å². The molecule has 0 bridgehead atoms. The molecule has 3 aromatic rings. The van der Waals surface area contributed by atoms with Crippen molar-refractivity contribution in [3.63, 3.8) is 0 Å². The molecule has 0 aliphatic heterocycles. The molecule has 0 fully saturated rings. The maximum Gasteiger partial charge on any atom is 0.234 e. The number of carbonyl (C=O) groups excluding carboxylic acids is 1. The van der Waals surface area contributed by atoms with Crippen LogP contribution in [-0.2, 0) is 11.2 Å². The van der Waals surface area contributed by atoms with Crippen LogP contribution in [-0.4, -0.2) is 18.5 Å². The van der Waals surface area contributed by atoms with Gasteiger partial charge in [0.15, 0.2) is 0 Å². The molecule has 0 saturated heterocycles. The fourth-order valence-electron chi connectivity index (χ4n) is 3.34.